The molecule has 0 bridgehead atoms. The number of nitrogen functional groups attached to an aromatic ring is 1. The van der Waals surface area contributed by atoms with Crippen molar-refractivity contribution in [3.05, 3.63) is 39.8 Å². The van der Waals surface area contributed by atoms with Crippen LogP contribution < -0.4 is 16.0 Å². The molecule has 0 unspecified atom stereocenters. The molecular weight excluding hydrogens is 326 g/mol. The molecule has 8 heteroatoms. The number of nitrogens with one attached hydrogen (secondary N) is 1. The fourth-order valence-electron chi connectivity index (χ4n) is 1.18. The van der Waals surface area contributed by atoms with Gasteiger partial charge in [-0.05, 0) is 28.1 Å². The first-order valence-electron chi connectivity index (χ1n) is 4.72. The molecule has 1 aromatic heterocycles. The highest BCUT2D eigenvalue weighted by Gasteiger charge is 2.11. The van der Waals surface area contributed by atoms with Gasteiger partial charge in [0.1, 0.15) is 22.4 Å². The van der Waals surface area contributed by atoms with Crippen LogP contribution in [0.2, 0.25) is 5.02 Å². The van der Waals surface area contributed by atoms with E-state index in [9.17, 15) is 4.39 Å². The molecule has 0 amide bonds. The van der Waals surface area contributed by atoms with Gasteiger partial charge in [0.15, 0.2) is 5.82 Å². The Morgan fingerprint density at radius 1 is 1.39 bits per heavy atom. The maximum atomic E-state index is 13.2. The third-order valence-corrected chi connectivity index (χ3v) is 3.02. The Morgan fingerprint density at radius 2 is 2.17 bits per heavy atom. The Labute approximate surface area is 115 Å². The lowest BCUT2D eigenvalue weighted by Gasteiger charge is -2.09. The molecule has 2 aromatic rings. The number of aromatic nitrogens is 2. The van der Waals surface area contributed by atoms with Gasteiger partial charge in [-0.2, -0.15) is 0 Å². The second-order valence-electron chi connectivity index (χ2n) is 3.16. The molecule has 0 saturated carbocycles. The summed E-state index contributed by atoms with van der Waals surface area (Å²) in [5.41, 5.74) is 2.37. The van der Waals surface area contributed by atoms with E-state index in [0.717, 1.165) is 6.07 Å². The lowest BCUT2D eigenvalue weighted by molar-refractivity contribution is 0.454. The standard InChI is InChI=1S/C10H7BrClFN4O/c11-8-9(17-14)15-4-16-10(8)18-5-1-2-6(12)7(13)3-5/h1-4H,14H2,(H,15,16,17). The fraction of sp³-hybridized carbons (Fsp3) is 0. The zero-order valence-corrected chi connectivity index (χ0v) is 11.2. The third-order valence-electron chi connectivity index (χ3n) is 2.00. The number of ether oxygens (including phenoxy) is 1. The van der Waals surface area contributed by atoms with Crippen LogP contribution in [0, 0.1) is 5.82 Å². The van der Waals surface area contributed by atoms with Crippen molar-refractivity contribution in [3.63, 3.8) is 0 Å². The van der Waals surface area contributed by atoms with Gasteiger partial charge in [0, 0.05) is 6.07 Å². The van der Waals surface area contributed by atoms with Crippen molar-refractivity contribution in [2.24, 2.45) is 5.84 Å². The average Bonchev–Trinajstić information content (AvgIpc) is 2.36. The largest absolute Gasteiger partial charge is 0.438 e. The van der Waals surface area contributed by atoms with Crippen LogP contribution in [0.25, 0.3) is 0 Å². The van der Waals surface area contributed by atoms with Crippen LogP contribution >= 0.6 is 27.5 Å². The molecule has 94 valence electrons. The molecule has 0 aliphatic carbocycles. The predicted molar refractivity (Wildman–Crippen MR) is 69.0 cm³/mol. The summed E-state index contributed by atoms with van der Waals surface area (Å²) in [7, 11) is 0. The number of anilines is 1. The van der Waals surface area contributed by atoms with Gasteiger partial charge in [0.05, 0.1) is 5.02 Å². The van der Waals surface area contributed by atoms with Gasteiger partial charge in [-0.3, -0.25) is 0 Å². The Morgan fingerprint density at radius 3 is 2.83 bits per heavy atom. The fourth-order valence-corrected chi connectivity index (χ4v) is 1.70. The molecule has 0 fully saturated rings. The number of hydrogen-bond donors (Lipinski definition) is 2. The SMILES string of the molecule is NNc1ncnc(Oc2ccc(Cl)c(F)c2)c1Br. The summed E-state index contributed by atoms with van der Waals surface area (Å²) in [5.74, 6) is 5.51. The first-order chi connectivity index (χ1) is 8.61. The molecule has 1 heterocycles. The molecule has 0 atom stereocenters. The Kier molecular flexibility index (Phi) is 3.95. The average molecular weight is 334 g/mol. The van der Waals surface area contributed by atoms with Crippen LogP contribution in [0.1, 0.15) is 0 Å². The Hall–Kier alpha value is -1.44. The number of halogens is 3. The summed E-state index contributed by atoms with van der Waals surface area (Å²) < 4.78 is 19.1. The lowest BCUT2D eigenvalue weighted by Crippen LogP contribution is -2.09. The van der Waals surface area contributed by atoms with Gasteiger partial charge in [-0.25, -0.2) is 20.2 Å². The maximum Gasteiger partial charge on any atom is 0.238 e. The van der Waals surface area contributed by atoms with E-state index in [1.54, 1.807) is 0 Å². The molecule has 3 N–H and O–H groups in total. The normalized spacial score (nSPS) is 10.2. The van der Waals surface area contributed by atoms with Crippen molar-refractivity contribution in [1.82, 2.24) is 9.97 Å². The first-order valence-corrected chi connectivity index (χ1v) is 5.89. The second kappa shape index (κ2) is 5.47. The van der Waals surface area contributed by atoms with Crippen LogP contribution in [0.5, 0.6) is 11.6 Å². The van der Waals surface area contributed by atoms with Gasteiger partial charge < -0.3 is 10.2 Å². The summed E-state index contributed by atoms with van der Waals surface area (Å²) >= 11 is 8.79. The van der Waals surface area contributed by atoms with Crippen LogP contribution in [-0.4, -0.2) is 9.97 Å². The van der Waals surface area contributed by atoms with Crippen LogP contribution in [0.3, 0.4) is 0 Å². The molecule has 0 radical (unpaired) electrons. The Bertz CT molecular complexity index is 584. The van der Waals surface area contributed by atoms with Crippen molar-refractivity contribution < 1.29 is 9.13 Å². The summed E-state index contributed by atoms with van der Waals surface area (Å²) in [6.07, 6.45) is 1.27. The van der Waals surface area contributed by atoms with E-state index in [1.165, 1.54) is 18.5 Å². The molecular formula is C10H7BrClFN4O. The number of nitrogens with zero attached hydrogens (tertiary/aromatic N) is 2. The summed E-state index contributed by atoms with van der Waals surface area (Å²) in [4.78, 5) is 7.76. The zero-order chi connectivity index (χ0) is 13.1. The molecule has 0 spiro atoms. The molecule has 2 rings (SSSR count). The zero-order valence-electron chi connectivity index (χ0n) is 8.82. The second-order valence-corrected chi connectivity index (χ2v) is 4.36. The molecule has 0 aliphatic heterocycles. The van der Waals surface area contributed by atoms with Gasteiger partial charge in [0.2, 0.25) is 5.88 Å². The molecule has 5 nitrogen and oxygen atoms in total. The number of nitrogens with two attached hydrogens (primary N) is 1. The van der Waals surface area contributed by atoms with Crippen molar-refractivity contribution in [1.29, 1.82) is 0 Å². The van der Waals surface area contributed by atoms with E-state index in [4.69, 9.17) is 22.2 Å². The summed E-state index contributed by atoms with van der Waals surface area (Å²) in [6, 6.07) is 4.07. The Balaban J connectivity index is 2.31. The highest BCUT2D eigenvalue weighted by Crippen LogP contribution is 2.32. The number of hydrazine groups is 1. The van der Waals surface area contributed by atoms with E-state index in [0.29, 0.717) is 10.3 Å². The topological polar surface area (TPSA) is 73.1 Å². The van der Waals surface area contributed by atoms with E-state index < -0.39 is 5.82 Å². The lowest BCUT2D eigenvalue weighted by atomic mass is 10.3. The van der Waals surface area contributed by atoms with Gasteiger partial charge in [-0.1, -0.05) is 11.6 Å². The number of rotatable bonds is 3. The monoisotopic (exact) mass is 332 g/mol. The summed E-state index contributed by atoms with van der Waals surface area (Å²) in [5, 5.41) is 0.0217. The van der Waals surface area contributed by atoms with Gasteiger partial charge in [0.25, 0.3) is 0 Å². The van der Waals surface area contributed by atoms with E-state index in [-0.39, 0.29) is 16.7 Å². The van der Waals surface area contributed by atoms with Gasteiger partial charge >= 0.3 is 0 Å². The van der Waals surface area contributed by atoms with E-state index in [2.05, 4.69) is 31.3 Å². The van der Waals surface area contributed by atoms with Crippen molar-refractivity contribution in [3.8, 4) is 11.6 Å². The predicted octanol–water partition coefficient (Wildman–Crippen LogP) is 3.11. The van der Waals surface area contributed by atoms with Gasteiger partial charge in [-0.15, -0.1) is 0 Å². The van der Waals surface area contributed by atoms with E-state index in [1.807, 2.05) is 0 Å². The number of hydrogen-bond acceptors (Lipinski definition) is 5. The number of benzene rings is 1. The first kappa shape index (κ1) is 13.0. The van der Waals surface area contributed by atoms with Crippen LogP contribution in [0.4, 0.5) is 10.2 Å². The molecule has 18 heavy (non-hydrogen) atoms. The molecule has 0 saturated heterocycles. The third kappa shape index (κ3) is 2.69. The minimum absolute atomic E-state index is 0.0217. The highest BCUT2D eigenvalue weighted by atomic mass is 79.9. The quantitative estimate of drug-likeness (QED) is 0.667. The minimum atomic E-state index is -0.573. The van der Waals surface area contributed by atoms with Crippen LogP contribution in [0.15, 0.2) is 29.0 Å². The smallest absolute Gasteiger partial charge is 0.238 e. The molecule has 1 aromatic carbocycles. The highest BCUT2D eigenvalue weighted by molar-refractivity contribution is 9.10. The van der Waals surface area contributed by atoms with Crippen molar-refractivity contribution >= 4 is 33.3 Å². The van der Waals surface area contributed by atoms with Crippen molar-refractivity contribution in [2.75, 3.05) is 5.43 Å². The maximum absolute atomic E-state index is 13.2. The minimum Gasteiger partial charge on any atom is -0.438 e. The van der Waals surface area contributed by atoms with Crippen LogP contribution in [-0.2, 0) is 0 Å². The molecule has 0 aliphatic rings. The van der Waals surface area contributed by atoms with E-state index >= 15 is 0 Å². The van der Waals surface area contributed by atoms with Crippen molar-refractivity contribution in [2.45, 2.75) is 0 Å². The summed E-state index contributed by atoms with van der Waals surface area (Å²) in [6.45, 7) is 0.